The van der Waals surface area contributed by atoms with E-state index in [-0.39, 0.29) is 16.8 Å². The van der Waals surface area contributed by atoms with Gasteiger partial charge in [-0.3, -0.25) is 9.52 Å². The summed E-state index contributed by atoms with van der Waals surface area (Å²) in [6.07, 6.45) is 0.00111. The number of sulfonamides is 1. The Morgan fingerprint density at radius 3 is 2.35 bits per heavy atom. The van der Waals surface area contributed by atoms with Gasteiger partial charge in [0.25, 0.3) is 0 Å². The first kappa shape index (κ1) is 20.0. The number of nitrogens with one attached hydrogen (secondary N) is 2. The molecule has 0 aromatic heterocycles. The van der Waals surface area contributed by atoms with Gasteiger partial charge in [-0.2, -0.15) is 0 Å². The highest BCUT2D eigenvalue weighted by atomic mass is 35.5. The van der Waals surface area contributed by atoms with E-state index in [4.69, 9.17) is 16.3 Å². The third-order valence-electron chi connectivity index (χ3n) is 3.02. The molecule has 9 heteroatoms. The first-order chi connectivity index (χ1) is 12.1. The van der Waals surface area contributed by atoms with Crippen LogP contribution in [0.5, 0.6) is 5.75 Å². The van der Waals surface area contributed by atoms with E-state index >= 15 is 0 Å². The second-order valence-corrected chi connectivity index (χ2v) is 7.86. The van der Waals surface area contributed by atoms with Gasteiger partial charge in [-0.1, -0.05) is 11.6 Å². The standard InChI is InChI=1S/C17H18ClFN2O4S/c1-11(2)25-14-6-3-12(4-7-14)21-26(23,24)10-17(22)20-13-5-8-16(19)15(18)9-13/h3-9,11,21H,10H2,1-2H3,(H,20,22). The molecule has 26 heavy (non-hydrogen) atoms. The van der Waals surface area contributed by atoms with Gasteiger partial charge in [0.2, 0.25) is 15.9 Å². The second kappa shape index (κ2) is 8.37. The maximum absolute atomic E-state index is 13.1. The Balaban J connectivity index is 1.96. The van der Waals surface area contributed by atoms with Crippen molar-refractivity contribution in [2.75, 3.05) is 15.8 Å². The van der Waals surface area contributed by atoms with Crippen LogP contribution in [-0.2, 0) is 14.8 Å². The molecule has 140 valence electrons. The summed E-state index contributed by atoms with van der Waals surface area (Å²) < 4.78 is 45.1. The van der Waals surface area contributed by atoms with E-state index in [9.17, 15) is 17.6 Å². The van der Waals surface area contributed by atoms with Gasteiger partial charge in [0.1, 0.15) is 17.3 Å². The second-order valence-electron chi connectivity index (χ2n) is 5.73. The molecule has 0 aliphatic heterocycles. The highest BCUT2D eigenvalue weighted by molar-refractivity contribution is 7.93. The van der Waals surface area contributed by atoms with Gasteiger partial charge in [-0.25, -0.2) is 12.8 Å². The van der Waals surface area contributed by atoms with Crippen molar-refractivity contribution in [2.45, 2.75) is 20.0 Å². The minimum absolute atomic E-state index is 0.00111. The quantitative estimate of drug-likeness (QED) is 0.743. The van der Waals surface area contributed by atoms with Crippen LogP contribution in [0.15, 0.2) is 42.5 Å². The number of carbonyl (C=O) groups is 1. The number of rotatable bonds is 7. The molecular formula is C17H18ClFN2O4S. The Morgan fingerprint density at radius 2 is 1.77 bits per heavy atom. The molecule has 6 nitrogen and oxygen atoms in total. The summed E-state index contributed by atoms with van der Waals surface area (Å²) in [5.41, 5.74) is 0.505. The van der Waals surface area contributed by atoms with Crippen molar-refractivity contribution in [2.24, 2.45) is 0 Å². The van der Waals surface area contributed by atoms with Gasteiger partial charge in [0, 0.05) is 11.4 Å². The number of hydrogen-bond donors (Lipinski definition) is 2. The fourth-order valence-electron chi connectivity index (χ4n) is 2.03. The van der Waals surface area contributed by atoms with Crippen LogP contribution in [0, 0.1) is 5.82 Å². The van der Waals surface area contributed by atoms with Crippen LogP contribution in [0.25, 0.3) is 0 Å². The van der Waals surface area contributed by atoms with E-state index in [2.05, 4.69) is 10.0 Å². The van der Waals surface area contributed by atoms with Crippen molar-refractivity contribution in [1.29, 1.82) is 0 Å². The third-order valence-corrected chi connectivity index (χ3v) is 4.50. The van der Waals surface area contributed by atoms with Gasteiger partial charge in [-0.15, -0.1) is 0 Å². The Morgan fingerprint density at radius 1 is 1.15 bits per heavy atom. The molecule has 0 bridgehead atoms. The average molecular weight is 401 g/mol. The van der Waals surface area contributed by atoms with Crippen molar-refractivity contribution in [3.05, 3.63) is 53.3 Å². The predicted molar refractivity (Wildman–Crippen MR) is 99.7 cm³/mol. The van der Waals surface area contributed by atoms with Crippen LogP contribution in [0.2, 0.25) is 5.02 Å². The lowest BCUT2D eigenvalue weighted by Gasteiger charge is -2.11. The summed E-state index contributed by atoms with van der Waals surface area (Å²) in [5, 5.41) is 2.18. The molecule has 2 aromatic rings. The molecule has 2 aromatic carbocycles. The summed E-state index contributed by atoms with van der Waals surface area (Å²) in [5.74, 6) is -1.61. The number of carbonyl (C=O) groups excluding carboxylic acids is 1. The van der Waals surface area contributed by atoms with Crippen LogP contribution >= 0.6 is 11.6 Å². The van der Waals surface area contributed by atoms with Crippen LogP contribution in [0.3, 0.4) is 0 Å². The lowest BCUT2D eigenvalue weighted by molar-refractivity contribution is -0.113. The van der Waals surface area contributed by atoms with Gasteiger partial charge in [0.05, 0.1) is 11.1 Å². The van der Waals surface area contributed by atoms with Crippen LogP contribution in [0.4, 0.5) is 15.8 Å². The van der Waals surface area contributed by atoms with Crippen molar-refractivity contribution >= 4 is 38.9 Å². The Labute approximate surface area is 156 Å². The minimum Gasteiger partial charge on any atom is -0.491 e. The minimum atomic E-state index is -3.92. The lowest BCUT2D eigenvalue weighted by Crippen LogP contribution is -2.27. The lowest BCUT2D eigenvalue weighted by atomic mass is 10.3. The zero-order valence-corrected chi connectivity index (χ0v) is 15.7. The van der Waals surface area contributed by atoms with Crippen molar-refractivity contribution in [3.63, 3.8) is 0 Å². The largest absolute Gasteiger partial charge is 0.491 e. The molecule has 2 rings (SSSR count). The number of benzene rings is 2. The van der Waals surface area contributed by atoms with Gasteiger partial charge < -0.3 is 10.1 Å². The number of halogens is 2. The van der Waals surface area contributed by atoms with Gasteiger partial charge >= 0.3 is 0 Å². The number of amides is 1. The van der Waals surface area contributed by atoms with E-state index < -0.39 is 27.5 Å². The molecule has 0 aliphatic carbocycles. The first-order valence-corrected chi connectivity index (χ1v) is 9.70. The van der Waals surface area contributed by atoms with Gasteiger partial charge in [0.15, 0.2) is 0 Å². The zero-order valence-electron chi connectivity index (χ0n) is 14.1. The molecule has 0 spiro atoms. The molecular weight excluding hydrogens is 383 g/mol. The van der Waals surface area contributed by atoms with E-state index in [1.807, 2.05) is 13.8 Å². The van der Waals surface area contributed by atoms with E-state index in [0.717, 1.165) is 6.07 Å². The summed E-state index contributed by atoms with van der Waals surface area (Å²) in [6, 6.07) is 9.87. The Bertz CT molecular complexity index is 886. The summed E-state index contributed by atoms with van der Waals surface area (Å²) in [4.78, 5) is 11.9. The van der Waals surface area contributed by atoms with Crippen molar-refractivity contribution in [3.8, 4) is 5.75 Å². The highest BCUT2D eigenvalue weighted by Crippen LogP contribution is 2.20. The molecule has 0 saturated heterocycles. The topological polar surface area (TPSA) is 84.5 Å². The molecule has 1 amide bonds. The molecule has 0 fully saturated rings. The Hall–Kier alpha value is -2.32. The molecule has 0 radical (unpaired) electrons. The number of anilines is 2. The molecule has 2 N–H and O–H groups in total. The van der Waals surface area contributed by atoms with Crippen molar-refractivity contribution < 1.29 is 22.3 Å². The molecule has 0 saturated carbocycles. The number of hydrogen-bond acceptors (Lipinski definition) is 4. The summed E-state index contributed by atoms with van der Waals surface area (Å²) in [7, 11) is -3.92. The SMILES string of the molecule is CC(C)Oc1ccc(NS(=O)(=O)CC(=O)Nc2ccc(F)c(Cl)c2)cc1. The van der Waals surface area contributed by atoms with Crippen LogP contribution < -0.4 is 14.8 Å². The zero-order chi connectivity index (χ0) is 19.3. The summed E-state index contributed by atoms with van der Waals surface area (Å²) >= 11 is 5.61. The van der Waals surface area contributed by atoms with E-state index in [1.165, 1.54) is 24.3 Å². The summed E-state index contributed by atoms with van der Waals surface area (Å²) in [6.45, 7) is 3.76. The maximum Gasteiger partial charge on any atom is 0.241 e. The van der Waals surface area contributed by atoms with E-state index in [0.29, 0.717) is 11.4 Å². The fourth-order valence-corrected chi connectivity index (χ4v) is 3.20. The molecule has 0 aliphatic rings. The number of ether oxygens (including phenoxy) is 1. The normalized spacial score (nSPS) is 11.3. The Kier molecular flexibility index (Phi) is 6.44. The molecule has 0 heterocycles. The van der Waals surface area contributed by atoms with Crippen LogP contribution in [-0.4, -0.2) is 26.2 Å². The predicted octanol–water partition coefficient (Wildman–Crippen LogP) is 3.65. The smallest absolute Gasteiger partial charge is 0.241 e. The van der Waals surface area contributed by atoms with Crippen molar-refractivity contribution in [1.82, 2.24) is 0 Å². The fraction of sp³-hybridized carbons (Fsp3) is 0.235. The van der Waals surface area contributed by atoms with Gasteiger partial charge in [-0.05, 0) is 56.3 Å². The van der Waals surface area contributed by atoms with E-state index in [1.54, 1.807) is 12.1 Å². The average Bonchev–Trinajstić information content (AvgIpc) is 2.51. The van der Waals surface area contributed by atoms with Crippen LogP contribution in [0.1, 0.15) is 13.8 Å². The monoisotopic (exact) mass is 400 g/mol. The third kappa shape index (κ3) is 6.20. The molecule has 0 atom stereocenters. The first-order valence-electron chi connectivity index (χ1n) is 7.67. The molecule has 0 unspecified atom stereocenters. The maximum atomic E-state index is 13.1. The highest BCUT2D eigenvalue weighted by Gasteiger charge is 2.17.